The third-order valence-corrected chi connectivity index (χ3v) is 4.73. The Morgan fingerprint density at radius 2 is 2.14 bits per heavy atom. The summed E-state index contributed by atoms with van der Waals surface area (Å²) in [6, 6.07) is 2.26. The van der Waals surface area contributed by atoms with Gasteiger partial charge in [-0.25, -0.2) is 0 Å². The van der Waals surface area contributed by atoms with E-state index in [2.05, 4.69) is 38.2 Å². The standard InChI is InChI=1S/C15H22N6O/c1-19-7-8-21(9-12-5-6-16-20(12)2)10-13(19)15-17-14(18-22-15)11-3-4-11/h5-6,11,13H,3-4,7-10H2,1-2H3/t13-/m0/s1. The third-order valence-electron chi connectivity index (χ3n) is 4.73. The van der Waals surface area contributed by atoms with E-state index in [1.54, 1.807) is 0 Å². The average molecular weight is 302 g/mol. The lowest BCUT2D eigenvalue weighted by Crippen LogP contribution is -2.46. The Bertz CT molecular complexity index is 646. The van der Waals surface area contributed by atoms with Crippen molar-refractivity contribution in [2.75, 3.05) is 26.7 Å². The lowest BCUT2D eigenvalue weighted by molar-refractivity contribution is 0.0700. The van der Waals surface area contributed by atoms with E-state index in [9.17, 15) is 0 Å². The summed E-state index contributed by atoms with van der Waals surface area (Å²) < 4.78 is 7.47. The third kappa shape index (κ3) is 2.66. The van der Waals surface area contributed by atoms with Crippen LogP contribution < -0.4 is 0 Å². The highest BCUT2D eigenvalue weighted by Crippen LogP contribution is 2.38. The molecule has 2 aromatic heterocycles. The minimum atomic E-state index is 0.182. The van der Waals surface area contributed by atoms with E-state index in [-0.39, 0.29) is 6.04 Å². The molecule has 0 bridgehead atoms. The van der Waals surface area contributed by atoms with Gasteiger partial charge in [0.25, 0.3) is 0 Å². The Balaban J connectivity index is 1.47. The van der Waals surface area contributed by atoms with Crippen molar-refractivity contribution in [1.29, 1.82) is 0 Å². The molecule has 7 nitrogen and oxygen atoms in total. The number of hydrogen-bond acceptors (Lipinski definition) is 6. The largest absolute Gasteiger partial charge is 0.338 e. The van der Waals surface area contributed by atoms with E-state index in [4.69, 9.17) is 4.52 Å². The van der Waals surface area contributed by atoms with Gasteiger partial charge < -0.3 is 4.52 Å². The first-order valence-corrected chi connectivity index (χ1v) is 7.93. The number of hydrogen-bond donors (Lipinski definition) is 0. The van der Waals surface area contributed by atoms with Crippen LogP contribution in [0.1, 0.15) is 42.2 Å². The number of rotatable bonds is 4. The molecule has 22 heavy (non-hydrogen) atoms. The molecule has 2 aromatic rings. The normalized spacial score (nSPS) is 24.0. The van der Waals surface area contributed by atoms with Crippen molar-refractivity contribution in [2.24, 2.45) is 7.05 Å². The Kier molecular flexibility index (Phi) is 3.46. The van der Waals surface area contributed by atoms with Gasteiger partial charge in [0.2, 0.25) is 5.89 Å². The molecule has 0 radical (unpaired) electrons. The van der Waals surface area contributed by atoms with Crippen molar-refractivity contribution in [3.8, 4) is 0 Å². The molecule has 118 valence electrons. The monoisotopic (exact) mass is 302 g/mol. The van der Waals surface area contributed by atoms with Crippen molar-refractivity contribution in [2.45, 2.75) is 31.3 Å². The zero-order valence-corrected chi connectivity index (χ0v) is 13.1. The van der Waals surface area contributed by atoms with Crippen LogP contribution in [0.5, 0.6) is 0 Å². The van der Waals surface area contributed by atoms with Crippen LogP contribution in [-0.4, -0.2) is 56.4 Å². The Morgan fingerprint density at radius 1 is 1.27 bits per heavy atom. The predicted molar refractivity (Wildman–Crippen MR) is 80.1 cm³/mol. The van der Waals surface area contributed by atoms with Crippen LogP contribution in [0.4, 0.5) is 0 Å². The molecule has 0 aromatic carbocycles. The van der Waals surface area contributed by atoms with Gasteiger partial charge in [0.1, 0.15) is 6.04 Å². The number of likely N-dealkylation sites (N-methyl/N-ethyl adjacent to an activating group) is 1. The first-order chi connectivity index (χ1) is 10.7. The van der Waals surface area contributed by atoms with Gasteiger partial charge in [-0.1, -0.05) is 5.16 Å². The van der Waals surface area contributed by atoms with E-state index in [0.717, 1.165) is 37.9 Å². The van der Waals surface area contributed by atoms with Crippen molar-refractivity contribution in [1.82, 2.24) is 29.7 Å². The van der Waals surface area contributed by atoms with Crippen LogP contribution in [0, 0.1) is 0 Å². The molecule has 1 saturated heterocycles. The van der Waals surface area contributed by atoms with Gasteiger partial charge in [-0.2, -0.15) is 10.1 Å². The zero-order chi connectivity index (χ0) is 15.1. The molecule has 2 fully saturated rings. The van der Waals surface area contributed by atoms with Gasteiger partial charge >= 0.3 is 0 Å². The number of piperazine rings is 1. The SMILES string of the molecule is CN1CCN(Cc2ccnn2C)C[C@H]1c1nc(C2CC2)no1. The van der Waals surface area contributed by atoms with E-state index < -0.39 is 0 Å². The first-order valence-electron chi connectivity index (χ1n) is 7.93. The second kappa shape index (κ2) is 5.48. The van der Waals surface area contributed by atoms with Crippen LogP contribution in [0.15, 0.2) is 16.8 Å². The molecule has 1 atom stereocenters. The summed E-state index contributed by atoms with van der Waals surface area (Å²) in [5.74, 6) is 2.20. The molecule has 2 aliphatic rings. The Morgan fingerprint density at radius 3 is 2.86 bits per heavy atom. The van der Waals surface area contributed by atoms with Crippen LogP contribution in [-0.2, 0) is 13.6 Å². The van der Waals surface area contributed by atoms with Crippen molar-refractivity contribution < 1.29 is 4.52 Å². The van der Waals surface area contributed by atoms with E-state index in [1.807, 2.05) is 17.9 Å². The highest BCUT2D eigenvalue weighted by molar-refractivity contribution is 5.06. The first kappa shape index (κ1) is 13.9. The molecule has 4 rings (SSSR count). The Hall–Kier alpha value is -1.73. The molecule has 0 amide bonds. The molecular formula is C15H22N6O. The smallest absolute Gasteiger partial charge is 0.245 e. The molecule has 0 N–H and O–H groups in total. The van der Waals surface area contributed by atoms with Crippen molar-refractivity contribution in [3.05, 3.63) is 29.7 Å². The van der Waals surface area contributed by atoms with Gasteiger partial charge in [-0.05, 0) is 26.0 Å². The number of aromatic nitrogens is 4. The second-order valence-electron chi connectivity index (χ2n) is 6.44. The molecule has 1 saturated carbocycles. The lowest BCUT2D eigenvalue weighted by Gasteiger charge is -2.37. The highest BCUT2D eigenvalue weighted by Gasteiger charge is 2.33. The van der Waals surface area contributed by atoms with E-state index in [0.29, 0.717) is 5.92 Å². The van der Waals surface area contributed by atoms with Crippen molar-refractivity contribution >= 4 is 0 Å². The van der Waals surface area contributed by atoms with Crippen LogP contribution in [0.3, 0.4) is 0 Å². The van der Waals surface area contributed by atoms with Crippen LogP contribution in [0.25, 0.3) is 0 Å². The maximum Gasteiger partial charge on any atom is 0.245 e. The highest BCUT2D eigenvalue weighted by atomic mass is 16.5. The summed E-state index contributed by atoms with van der Waals surface area (Å²) >= 11 is 0. The van der Waals surface area contributed by atoms with Gasteiger partial charge in [0.05, 0.1) is 5.69 Å². The fourth-order valence-corrected chi connectivity index (χ4v) is 3.02. The molecule has 1 aliphatic heterocycles. The lowest BCUT2D eigenvalue weighted by atomic mass is 10.1. The zero-order valence-electron chi connectivity index (χ0n) is 13.1. The van der Waals surface area contributed by atoms with Gasteiger partial charge in [-0.15, -0.1) is 0 Å². The van der Waals surface area contributed by atoms with E-state index >= 15 is 0 Å². The molecule has 0 spiro atoms. The average Bonchev–Trinajstić information content (AvgIpc) is 3.12. The molecule has 0 unspecified atom stereocenters. The summed E-state index contributed by atoms with van der Waals surface area (Å²) in [6.45, 7) is 3.86. The summed E-state index contributed by atoms with van der Waals surface area (Å²) in [6.07, 6.45) is 4.25. The Labute approximate surface area is 129 Å². The van der Waals surface area contributed by atoms with Gasteiger partial charge in [0, 0.05) is 45.3 Å². The maximum absolute atomic E-state index is 5.54. The summed E-state index contributed by atoms with van der Waals surface area (Å²) in [5.41, 5.74) is 1.23. The van der Waals surface area contributed by atoms with Crippen molar-refractivity contribution in [3.63, 3.8) is 0 Å². The maximum atomic E-state index is 5.54. The van der Waals surface area contributed by atoms with Gasteiger partial charge in [0.15, 0.2) is 5.82 Å². The molecule has 7 heteroatoms. The summed E-state index contributed by atoms with van der Waals surface area (Å²) in [7, 11) is 4.12. The summed E-state index contributed by atoms with van der Waals surface area (Å²) in [4.78, 5) is 9.37. The predicted octanol–water partition coefficient (Wildman–Crippen LogP) is 1.17. The minimum absolute atomic E-state index is 0.182. The van der Waals surface area contributed by atoms with Crippen LogP contribution >= 0.6 is 0 Å². The fraction of sp³-hybridized carbons (Fsp3) is 0.667. The molecule has 3 heterocycles. The molecular weight excluding hydrogens is 280 g/mol. The van der Waals surface area contributed by atoms with Gasteiger partial charge in [-0.3, -0.25) is 14.5 Å². The number of aryl methyl sites for hydroxylation is 1. The molecule has 1 aliphatic carbocycles. The minimum Gasteiger partial charge on any atom is -0.338 e. The topological polar surface area (TPSA) is 63.2 Å². The summed E-state index contributed by atoms with van der Waals surface area (Å²) in [5, 5.41) is 8.40. The quantitative estimate of drug-likeness (QED) is 0.845. The number of nitrogens with zero attached hydrogens (tertiary/aromatic N) is 6. The van der Waals surface area contributed by atoms with Crippen LogP contribution in [0.2, 0.25) is 0 Å². The van der Waals surface area contributed by atoms with E-state index in [1.165, 1.54) is 18.5 Å². The second-order valence-corrected chi connectivity index (χ2v) is 6.44. The fourth-order valence-electron chi connectivity index (χ4n) is 3.02.